The van der Waals surface area contributed by atoms with Crippen molar-refractivity contribution in [1.82, 2.24) is 9.88 Å². The molecule has 1 aliphatic rings. The molecule has 0 amide bonds. The Kier molecular flexibility index (Phi) is 4.06. The van der Waals surface area contributed by atoms with Crippen LogP contribution in [-0.2, 0) is 0 Å². The summed E-state index contributed by atoms with van der Waals surface area (Å²) in [5, 5.41) is 12.2. The van der Waals surface area contributed by atoms with Crippen molar-refractivity contribution in [3.63, 3.8) is 0 Å². The molecule has 1 aliphatic heterocycles. The lowest BCUT2D eigenvalue weighted by Gasteiger charge is -2.41. The van der Waals surface area contributed by atoms with Gasteiger partial charge in [-0.2, -0.15) is 5.26 Å². The predicted octanol–water partition coefficient (Wildman–Crippen LogP) is 2.63. The number of hydrogen-bond donors (Lipinski definition) is 1. The molecular formula is C15H22N4. The van der Waals surface area contributed by atoms with Crippen LogP contribution in [0.15, 0.2) is 18.3 Å². The van der Waals surface area contributed by atoms with Gasteiger partial charge in [-0.25, -0.2) is 4.98 Å². The zero-order valence-electron chi connectivity index (χ0n) is 12.0. The fourth-order valence-corrected chi connectivity index (χ4v) is 2.46. The number of hydrogen-bond acceptors (Lipinski definition) is 4. The molecule has 1 aromatic rings. The topological polar surface area (TPSA) is 52.0 Å². The Hall–Kier alpha value is -1.60. The third-order valence-electron chi connectivity index (χ3n) is 3.61. The number of rotatable bonds is 2. The molecule has 4 nitrogen and oxygen atoms in total. The lowest BCUT2D eigenvalue weighted by Crippen LogP contribution is -2.50. The van der Waals surface area contributed by atoms with Gasteiger partial charge in [0.25, 0.3) is 0 Å². The van der Waals surface area contributed by atoms with Gasteiger partial charge in [-0.15, -0.1) is 0 Å². The Morgan fingerprint density at radius 2 is 2.21 bits per heavy atom. The van der Waals surface area contributed by atoms with Crippen molar-refractivity contribution in [3.05, 3.63) is 23.9 Å². The monoisotopic (exact) mass is 258 g/mol. The molecule has 19 heavy (non-hydrogen) atoms. The highest BCUT2D eigenvalue weighted by Gasteiger charge is 2.27. The minimum atomic E-state index is 0.221. The van der Waals surface area contributed by atoms with Gasteiger partial charge in [0.15, 0.2) is 0 Å². The molecule has 0 saturated carbocycles. The van der Waals surface area contributed by atoms with E-state index in [9.17, 15) is 0 Å². The van der Waals surface area contributed by atoms with E-state index in [1.807, 2.05) is 6.07 Å². The minimum Gasteiger partial charge on any atom is -0.366 e. The number of nitriles is 1. The Bertz CT molecular complexity index is 453. The van der Waals surface area contributed by atoms with Gasteiger partial charge >= 0.3 is 0 Å². The van der Waals surface area contributed by atoms with Crippen LogP contribution in [0.4, 0.5) is 5.82 Å². The molecule has 0 aromatic carbocycles. The maximum Gasteiger partial charge on any atom is 0.126 e. The van der Waals surface area contributed by atoms with Crippen molar-refractivity contribution in [2.75, 3.05) is 18.4 Å². The molecule has 1 aromatic heterocycles. The summed E-state index contributed by atoms with van der Waals surface area (Å²) < 4.78 is 0. The number of nitrogens with zero attached hydrogens (tertiary/aromatic N) is 3. The normalized spacial score (nSPS) is 20.8. The molecule has 2 rings (SSSR count). The Labute approximate surface area is 115 Å². The predicted molar refractivity (Wildman–Crippen MR) is 76.9 cm³/mol. The Morgan fingerprint density at radius 1 is 1.42 bits per heavy atom. The van der Waals surface area contributed by atoms with Gasteiger partial charge in [-0.05, 0) is 52.3 Å². The van der Waals surface area contributed by atoms with Crippen LogP contribution < -0.4 is 5.32 Å². The van der Waals surface area contributed by atoms with Crippen LogP contribution in [0.3, 0.4) is 0 Å². The Morgan fingerprint density at radius 3 is 2.79 bits per heavy atom. The van der Waals surface area contributed by atoms with Crippen LogP contribution in [0.2, 0.25) is 0 Å². The molecule has 4 heteroatoms. The van der Waals surface area contributed by atoms with E-state index in [-0.39, 0.29) is 5.54 Å². The van der Waals surface area contributed by atoms with Crippen LogP contribution in [-0.4, -0.2) is 34.6 Å². The summed E-state index contributed by atoms with van der Waals surface area (Å²) in [6, 6.07) is 6.21. The summed E-state index contributed by atoms with van der Waals surface area (Å²) in [5.41, 5.74) is 0.823. The first kappa shape index (κ1) is 13.8. The highest BCUT2D eigenvalue weighted by Crippen LogP contribution is 2.21. The summed E-state index contributed by atoms with van der Waals surface area (Å²) >= 11 is 0. The van der Waals surface area contributed by atoms with Crippen LogP contribution >= 0.6 is 0 Å². The van der Waals surface area contributed by atoms with Gasteiger partial charge in [0.2, 0.25) is 0 Å². The summed E-state index contributed by atoms with van der Waals surface area (Å²) in [6.45, 7) is 8.99. The van der Waals surface area contributed by atoms with E-state index in [0.29, 0.717) is 11.6 Å². The van der Waals surface area contributed by atoms with Crippen LogP contribution in [0, 0.1) is 11.3 Å². The van der Waals surface area contributed by atoms with Crippen molar-refractivity contribution in [2.24, 2.45) is 0 Å². The fraction of sp³-hybridized carbons (Fsp3) is 0.600. The third-order valence-corrected chi connectivity index (χ3v) is 3.61. The van der Waals surface area contributed by atoms with E-state index in [0.717, 1.165) is 12.4 Å². The van der Waals surface area contributed by atoms with Crippen molar-refractivity contribution in [3.8, 4) is 6.07 Å². The van der Waals surface area contributed by atoms with E-state index < -0.39 is 0 Å². The number of anilines is 1. The van der Waals surface area contributed by atoms with E-state index >= 15 is 0 Å². The molecule has 2 heterocycles. The van der Waals surface area contributed by atoms with Gasteiger partial charge in [0.1, 0.15) is 11.9 Å². The summed E-state index contributed by atoms with van der Waals surface area (Å²) in [4.78, 5) is 6.79. The fourth-order valence-electron chi connectivity index (χ4n) is 2.46. The number of nitrogens with one attached hydrogen (secondary N) is 1. The average Bonchev–Trinajstić information content (AvgIpc) is 2.39. The van der Waals surface area contributed by atoms with Crippen molar-refractivity contribution in [1.29, 1.82) is 5.26 Å². The van der Waals surface area contributed by atoms with Crippen LogP contribution in [0.25, 0.3) is 0 Å². The van der Waals surface area contributed by atoms with Crippen molar-refractivity contribution >= 4 is 5.82 Å². The highest BCUT2D eigenvalue weighted by molar-refractivity contribution is 5.39. The van der Waals surface area contributed by atoms with Crippen LogP contribution in [0.5, 0.6) is 0 Å². The third kappa shape index (κ3) is 3.68. The van der Waals surface area contributed by atoms with Gasteiger partial charge in [-0.3, -0.25) is 4.90 Å². The summed E-state index contributed by atoms with van der Waals surface area (Å²) in [7, 11) is 0. The van der Waals surface area contributed by atoms with Crippen LogP contribution in [0.1, 0.15) is 39.2 Å². The maximum absolute atomic E-state index is 8.76. The number of piperidine rings is 1. The second-order valence-corrected chi connectivity index (χ2v) is 6.14. The zero-order chi connectivity index (χ0) is 13.9. The maximum atomic E-state index is 8.76. The second kappa shape index (κ2) is 5.58. The molecule has 102 valence electrons. The molecule has 0 radical (unpaired) electrons. The molecule has 1 atom stereocenters. The minimum absolute atomic E-state index is 0.221. The standard InChI is InChI=1S/C15H22N4/c1-15(2,3)19-8-4-5-13(11-19)18-14-7-6-12(9-16)10-17-14/h6-7,10,13H,4-5,8,11H2,1-3H3,(H,17,18). The lowest BCUT2D eigenvalue weighted by molar-refractivity contribution is 0.104. The largest absolute Gasteiger partial charge is 0.366 e. The molecule has 1 unspecified atom stereocenters. The summed E-state index contributed by atoms with van der Waals surface area (Å²) in [6.07, 6.45) is 4.01. The molecule has 0 bridgehead atoms. The first-order chi connectivity index (χ1) is 8.99. The first-order valence-electron chi connectivity index (χ1n) is 6.87. The van der Waals surface area contributed by atoms with Gasteiger partial charge in [0.05, 0.1) is 5.56 Å². The van der Waals surface area contributed by atoms with E-state index in [2.05, 4.69) is 42.0 Å². The van der Waals surface area contributed by atoms with Gasteiger partial charge in [0, 0.05) is 24.3 Å². The lowest BCUT2D eigenvalue weighted by atomic mass is 9.98. The van der Waals surface area contributed by atoms with Crippen molar-refractivity contribution < 1.29 is 0 Å². The highest BCUT2D eigenvalue weighted by atomic mass is 15.2. The molecule has 0 spiro atoms. The average molecular weight is 258 g/mol. The molecular weight excluding hydrogens is 236 g/mol. The quantitative estimate of drug-likeness (QED) is 0.886. The Balaban J connectivity index is 1.97. The van der Waals surface area contributed by atoms with Gasteiger partial charge < -0.3 is 5.32 Å². The van der Waals surface area contributed by atoms with Crippen molar-refractivity contribution in [2.45, 2.75) is 45.2 Å². The summed E-state index contributed by atoms with van der Waals surface area (Å²) in [5.74, 6) is 0.861. The SMILES string of the molecule is CC(C)(C)N1CCCC(Nc2ccc(C#N)cn2)C1. The number of aromatic nitrogens is 1. The van der Waals surface area contributed by atoms with E-state index in [4.69, 9.17) is 5.26 Å². The molecule has 1 fully saturated rings. The van der Waals surface area contributed by atoms with E-state index in [1.165, 1.54) is 19.4 Å². The zero-order valence-corrected chi connectivity index (χ0v) is 12.0. The second-order valence-electron chi connectivity index (χ2n) is 6.14. The molecule has 1 saturated heterocycles. The smallest absolute Gasteiger partial charge is 0.126 e. The van der Waals surface area contributed by atoms with Gasteiger partial charge in [-0.1, -0.05) is 0 Å². The molecule has 0 aliphatic carbocycles. The number of likely N-dealkylation sites (tertiary alicyclic amines) is 1. The first-order valence-corrected chi connectivity index (χ1v) is 6.87. The number of pyridine rings is 1. The molecule has 1 N–H and O–H groups in total. The van der Waals surface area contributed by atoms with E-state index in [1.54, 1.807) is 12.3 Å².